The van der Waals surface area contributed by atoms with Gasteiger partial charge in [-0.2, -0.15) is 0 Å². The summed E-state index contributed by atoms with van der Waals surface area (Å²) >= 11 is 2.16. The summed E-state index contributed by atoms with van der Waals surface area (Å²) in [6, 6.07) is 5.66. The molecule has 1 aromatic heterocycles. The predicted molar refractivity (Wildman–Crippen MR) is 50.6 cm³/mol. The van der Waals surface area contributed by atoms with Crippen molar-refractivity contribution in [1.29, 1.82) is 0 Å². The number of rotatable bonds is 0. The zero-order chi connectivity index (χ0) is 7.84. The predicted octanol–water partition coefficient (Wildman–Crippen LogP) is 2.74. The minimum atomic E-state index is 0.213. The number of hydrogen-bond acceptors (Lipinski definition) is 2. The molecule has 0 saturated carbocycles. The summed E-state index contributed by atoms with van der Waals surface area (Å²) in [6.07, 6.45) is 1.35. The maximum Gasteiger partial charge on any atom is 0.162 e. The third-order valence-corrected chi connectivity index (χ3v) is 2.43. The van der Waals surface area contributed by atoms with Crippen molar-refractivity contribution in [3.05, 3.63) is 28.0 Å². The van der Waals surface area contributed by atoms with Crippen molar-refractivity contribution in [3.8, 4) is 5.75 Å². The zero-order valence-corrected chi connectivity index (χ0v) is 7.70. The molecule has 0 aliphatic rings. The summed E-state index contributed by atoms with van der Waals surface area (Å²) in [4.78, 5) is 0. The number of benzene rings is 1. The van der Waals surface area contributed by atoms with E-state index < -0.39 is 0 Å². The van der Waals surface area contributed by atoms with Gasteiger partial charge in [0.05, 0.1) is 5.39 Å². The van der Waals surface area contributed by atoms with Crippen molar-refractivity contribution in [2.24, 2.45) is 0 Å². The fourth-order valence-corrected chi connectivity index (χ4v) is 1.78. The van der Waals surface area contributed by atoms with Gasteiger partial charge in [0, 0.05) is 3.57 Å². The zero-order valence-electron chi connectivity index (χ0n) is 5.54. The van der Waals surface area contributed by atoms with Crippen LogP contribution in [0.4, 0.5) is 0 Å². The van der Waals surface area contributed by atoms with E-state index in [1.54, 1.807) is 0 Å². The lowest BCUT2D eigenvalue weighted by Gasteiger charge is -1.90. The molecular formula is C8H5IO2. The van der Waals surface area contributed by atoms with E-state index >= 15 is 0 Å². The summed E-state index contributed by atoms with van der Waals surface area (Å²) < 4.78 is 6.08. The molecule has 1 aromatic carbocycles. The Morgan fingerprint density at radius 2 is 2.18 bits per heavy atom. The summed E-state index contributed by atoms with van der Waals surface area (Å²) in [6.45, 7) is 0. The Hall–Kier alpha value is -0.710. The highest BCUT2D eigenvalue weighted by atomic mass is 127. The molecule has 0 bridgehead atoms. The third-order valence-electron chi connectivity index (χ3n) is 1.53. The van der Waals surface area contributed by atoms with Crippen molar-refractivity contribution in [2.75, 3.05) is 0 Å². The molecule has 3 heteroatoms. The van der Waals surface area contributed by atoms with Crippen LogP contribution in [0.3, 0.4) is 0 Å². The van der Waals surface area contributed by atoms with E-state index in [4.69, 9.17) is 4.42 Å². The normalized spacial score (nSPS) is 10.6. The van der Waals surface area contributed by atoms with Crippen molar-refractivity contribution in [2.45, 2.75) is 0 Å². The van der Waals surface area contributed by atoms with Gasteiger partial charge in [0.25, 0.3) is 0 Å². The number of furan rings is 1. The number of halogens is 1. The summed E-state index contributed by atoms with van der Waals surface area (Å²) in [5.74, 6) is 0.213. The molecule has 1 heterocycles. The van der Waals surface area contributed by atoms with Crippen LogP contribution in [0.5, 0.6) is 5.75 Å². The fraction of sp³-hybridized carbons (Fsp3) is 0. The lowest BCUT2D eigenvalue weighted by molar-refractivity contribution is 0.464. The van der Waals surface area contributed by atoms with Gasteiger partial charge in [-0.25, -0.2) is 0 Å². The molecule has 2 nitrogen and oxygen atoms in total. The second-order valence-corrected chi connectivity index (χ2v) is 3.40. The van der Waals surface area contributed by atoms with E-state index in [1.807, 2.05) is 18.2 Å². The van der Waals surface area contributed by atoms with Crippen molar-refractivity contribution in [1.82, 2.24) is 0 Å². The molecule has 0 spiro atoms. The molecule has 0 fully saturated rings. The van der Waals surface area contributed by atoms with E-state index in [0.29, 0.717) is 0 Å². The highest BCUT2D eigenvalue weighted by Gasteiger charge is 2.05. The minimum Gasteiger partial charge on any atom is -0.504 e. The molecule has 0 amide bonds. The standard InChI is InChI=1S/C8H5IO2/c9-5-2-1-3-7-8(5)6(10)4-11-7/h1-4,10H. The van der Waals surface area contributed by atoms with E-state index in [2.05, 4.69) is 22.6 Å². The van der Waals surface area contributed by atoms with E-state index in [9.17, 15) is 5.11 Å². The van der Waals surface area contributed by atoms with Crippen LogP contribution in [0.15, 0.2) is 28.9 Å². The van der Waals surface area contributed by atoms with E-state index in [1.165, 1.54) is 6.26 Å². The van der Waals surface area contributed by atoms with Gasteiger partial charge in [0.2, 0.25) is 0 Å². The average Bonchev–Trinajstić information content (AvgIpc) is 2.34. The first kappa shape index (κ1) is 6.97. The first-order chi connectivity index (χ1) is 5.29. The van der Waals surface area contributed by atoms with Gasteiger partial charge in [-0.05, 0) is 34.7 Å². The third kappa shape index (κ3) is 0.994. The first-order valence-corrected chi connectivity index (χ1v) is 4.21. The topological polar surface area (TPSA) is 33.4 Å². The van der Waals surface area contributed by atoms with Crippen LogP contribution in [0.1, 0.15) is 0 Å². The Morgan fingerprint density at radius 1 is 1.36 bits per heavy atom. The van der Waals surface area contributed by atoms with Crippen LogP contribution in [0, 0.1) is 3.57 Å². The molecule has 56 valence electrons. The van der Waals surface area contributed by atoms with Gasteiger partial charge >= 0.3 is 0 Å². The van der Waals surface area contributed by atoms with Crippen molar-refractivity contribution in [3.63, 3.8) is 0 Å². The smallest absolute Gasteiger partial charge is 0.162 e. The number of hydrogen-bond donors (Lipinski definition) is 1. The van der Waals surface area contributed by atoms with Crippen LogP contribution in [0.25, 0.3) is 11.0 Å². The Morgan fingerprint density at radius 3 is 2.91 bits per heavy atom. The monoisotopic (exact) mass is 260 g/mol. The molecule has 0 unspecified atom stereocenters. The lowest BCUT2D eigenvalue weighted by atomic mass is 10.2. The van der Waals surface area contributed by atoms with Gasteiger partial charge in [0.15, 0.2) is 5.75 Å². The Labute approximate surface area is 77.0 Å². The van der Waals surface area contributed by atoms with E-state index in [0.717, 1.165) is 14.5 Å². The molecule has 11 heavy (non-hydrogen) atoms. The van der Waals surface area contributed by atoms with Crippen LogP contribution in [0.2, 0.25) is 0 Å². The molecule has 0 aliphatic carbocycles. The molecule has 2 rings (SSSR count). The average molecular weight is 260 g/mol. The highest BCUT2D eigenvalue weighted by Crippen LogP contribution is 2.30. The molecule has 2 aromatic rings. The molecule has 0 saturated heterocycles. The number of aromatic hydroxyl groups is 1. The van der Waals surface area contributed by atoms with Gasteiger partial charge in [0.1, 0.15) is 11.8 Å². The molecule has 1 N–H and O–H groups in total. The van der Waals surface area contributed by atoms with Crippen LogP contribution >= 0.6 is 22.6 Å². The Kier molecular flexibility index (Phi) is 1.52. The molecule has 0 radical (unpaired) electrons. The first-order valence-electron chi connectivity index (χ1n) is 3.14. The van der Waals surface area contributed by atoms with E-state index in [-0.39, 0.29) is 5.75 Å². The van der Waals surface area contributed by atoms with Crippen LogP contribution in [-0.4, -0.2) is 5.11 Å². The van der Waals surface area contributed by atoms with Gasteiger partial charge in [-0.1, -0.05) is 6.07 Å². The number of fused-ring (bicyclic) bond motifs is 1. The fourth-order valence-electron chi connectivity index (χ4n) is 1.03. The van der Waals surface area contributed by atoms with Crippen LogP contribution in [-0.2, 0) is 0 Å². The largest absolute Gasteiger partial charge is 0.504 e. The minimum absolute atomic E-state index is 0.213. The molecular weight excluding hydrogens is 255 g/mol. The summed E-state index contributed by atoms with van der Waals surface area (Å²) in [7, 11) is 0. The highest BCUT2D eigenvalue weighted by molar-refractivity contribution is 14.1. The maximum atomic E-state index is 9.29. The second kappa shape index (κ2) is 2.41. The maximum absolute atomic E-state index is 9.29. The molecule has 0 aliphatic heterocycles. The SMILES string of the molecule is Oc1coc2cccc(I)c12. The van der Waals surface area contributed by atoms with Gasteiger partial charge in [-0.3, -0.25) is 0 Å². The van der Waals surface area contributed by atoms with Gasteiger partial charge in [-0.15, -0.1) is 0 Å². The lowest BCUT2D eigenvalue weighted by Crippen LogP contribution is -1.70. The van der Waals surface area contributed by atoms with Gasteiger partial charge < -0.3 is 9.52 Å². The van der Waals surface area contributed by atoms with Crippen molar-refractivity contribution >= 4 is 33.6 Å². The summed E-state index contributed by atoms with van der Waals surface area (Å²) in [5.41, 5.74) is 0.731. The van der Waals surface area contributed by atoms with Crippen molar-refractivity contribution < 1.29 is 9.52 Å². The Balaban J connectivity index is 2.96. The quantitative estimate of drug-likeness (QED) is 0.739. The Bertz CT molecular complexity index is 392. The van der Waals surface area contributed by atoms with Crippen LogP contribution < -0.4 is 0 Å². The second-order valence-electron chi connectivity index (χ2n) is 2.23. The summed E-state index contributed by atoms with van der Waals surface area (Å²) in [5, 5.41) is 10.1. The molecule has 0 atom stereocenters.